The molecule has 2 aliphatic rings. The molecule has 2 heterocycles. The van der Waals surface area contributed by atoms with E-state index in [1.807, 2.05) is 30.3 Å². The van der Waals surface area contributed by atoms with Gasteiger partial charge in [0.05, 0.1) is 17.5 Å². The number of carbonyl (C=O) groups is 3. The van der Waals surface area contributed by atoms with E-state index in [1.165, 1.54) is 13.0 Å². The SMILES string of the molecule is C[C@]1(C(=O)O)N[C@H](c2cc(Br)ccc2O)[C@@H]2C(=O)N(c3cccc4ccccc34)C(=O)[C@@H]21. The Bertz CT molecular complexity index is 1300. The molecule has 2 saturated heterocycles. The fraction of sp³-hybridized carbons (Fsp3) is 0.208. The van der Waals surface area contributed by atoms with Crippen LogP contribution in [-0.2, 0) is 14.4 Å². The predicted molar refractivity (Wildman–Crippen MR) is 121 cm³/mol. The molecular formula is C24H19BrN2O5. The van der Waals surface area contributed by atoms with E-state index in [2.05, 4.69) is 21.2 Å². The molecule has 2 fully saturated rings. The molecule has 32 heavy (non-hydrogen) atoms. The molecule has 4 atom stereocenters. The van der Waals surface area contributed by atoms with Crippen LogP contribution in [0.3, 0.4) is 0 Å². The normalized spacial score (nSPS) is 27.2. The van der Waals surface area contributed by atoms with Gasteiger partial charge in [0.2, 0.25) is 11.8 Å². The molecule has 2 amide bonds. The van der Waals surface area contributed by atoms with Crippen LogP contribution >= 0.6 is 15.9 Å². The second-order valence-corrected chi connectivity index (χ2v) is 9.26. The molecule has 3 aromatic rings. The Hall–Kier alpha value is -3.23. The average molecular weight is 495 g/mol. The van der Waals surface area contributed by atoms with Gasteiger partial charge < -0.3 is 10.2 Å². The number of anilines is 1. The fourth-order valence-corrected chi connectivity index (χ4v) is 5.40. The second kappa shape index (κ2) is 7.15. The molecule has 2 aliphatic heterocycles. The molecule has 0 unspecified atom stereocenters. The second-order valence-electron chi connectivity index (χ2n) is 8.35. The minimum atomic E-state index is -1.68. The number of aliphatic carboxylic acids is 1. The van der Waals surface area contributed by atoms with Crippen molar-refractivity contribution < 1.29 is 24.6 Å². The van der Waals surface area contributed by atoms with Crippen molar-refractivity contribution >= 4 is 50.2 Å². The Labute approximate surface area is 191 Å². The molecule has 0 bridgehead atoms. The van der Waals surface area contributed by atoms with Crippen molar-refractivity contribution in [1.29, 1.82) is 0 Å². The van der Waals surface area contributed by atoms with Gasteiger partial charge in [0.1, 0.15) is 11.3 Å². The highest BCUT2D eigenvalue weighted by Crippen LogP contribution is 2.51. The van der Waals surface area contributed by atoms with Crippen LogP contribution in [0.1, 0.15) is 18.5 Å². The molecule has 5 rings (SSSR count). The lowest BCUT2D eigenvalue weighted by atomic mass is 9.80. The van der Waals surface area contributed by atoms with E-state index in [4.69, 9.17) is 0 Å². The van der Waals surface area contributed by atoms with Crippen molar-refractivity contribution in [1.82, 2.24) is 5.32 Å². The number of benzene rings is 3. The first-order valence-electron chi connectivity index (χ1n) is 10.1. The minimum absolute atomic E-state index is 0.0806. The van der Waals surface area contributed by atoms with Crippen LogP contribution in [0.25, 0.3) is 10.8 Å². The third-order valence-corrected chi connectivity index (χ3v) is 7.06. The quantitative estimate of drug-likeness (QED) is 0.480. The lowest BCUT2D eigenvalue weighted by Crippen LogP contribution is -2.53. The summed E-state index contributed by atoms with van der Waals surface area (Å²) in [5.41, 5.74) is -0.895. The van der Waals surface area contributed by atoms with Crippen molar-refractivity contribution in [3.8, 4) is 5.75 Å². The number of amides is 2. The number of phenolic OH excluding ortho intramolecular Hbond substituents is 1. The van der Waals surface area contributed by atoms with E-state index < -0.39 is 41.2 Å². The number of carboxylic acid groups (broad SMARTS) is 1. The van der Waals surface area contributed by atoms with Crippen molar-refractivity contribution in [2.24, 2.45) is 11.8 Å². The molecule has 0 radical (unpaired) electrons. The summed E-state index contributed by atoms with van der Waals surface area (Å²) in [7, 11) is 0. The summed E-state index contributed by atoms with van der Waals surface area (Å²) in [6.07, 6.45) is 0. The summed E-state index contributed by atoms with van der Waals surface area (Å²) >= 11 is 3.36. The van der Waals surface area contributed by atoms with Crippen molar-refractivity contribution in [2.45, 2.75) is 18.5 Å². The predicted octanol–water partition coefficient (Wildman–Crippen LogP) is 3.60. The number of hydrogen-bond acceptors (Lipinski definition) is 5. The van der Waals surface area contributed by atoms with Gasteiger partial charge in [0, 0.05) is 21.5 Å². The van der Waals surface area contributed by atoms with Gasteiger partial charge in [-0.25, -0.2) is 4.90 Å². The Morgan fingerprint density at radius 1 is 1.06 bits per heavy atom. The number of phenols is 1. The molecule has 0 aliphatic carbocycles. The number of carboxylic acids is 1. The van der Waals surface area contributed by atoms with Crippen LogP contribution < -0.4 is 10.2 Å². The van der Waals surface area contributed by atoms with E-state index in [1.54, 1.807) is 24.3 Å². The van der Waals surface area contributed by atoms with Crippen molar-refractivity contribution in [3.05, 3.63) is 70.7 Å². The number of rotatable bonds is 3. The molecule has 3 aromatic carbocycles. The van der Waals surface area contributed by atoms with E-state index in [9.17, 15) is 24.6 Å². The van der Waals surface area contributed by atoms with Crippen LogP contribution in [0.5, 0.6) is 5.75 Å². The zero-order valence-electron chi connectivity index (χ0n) is 16.9. The summed E-state index contributed by atoms with van der Waals surface area (Å²) in [6, 6.07) is 16.6. The first-order valence-corrected chi connectivity index (χ1v) is 10.9. The molecular weight excluding hydrogens is 476 g/mol. The van der Waals surface area contributed by atoms with Gasteiger partial charge in [0.15, 0.2) is 0 Å². The monoisotopic (exact) mass is 494 g/mol. The fourth-order valence-electron chi connectivity index (χ4n) is 5.02. The summed E-state index contributed by atoms with van der Waals surface area (Å²) in [5.74, 6) is -4.48. The highest BCUT2D eigenvalue weighted by molar-refractivity contribution is 9.10. The van der Waals surface area contributed by atoms with Crippen LogP contribution in [0.15, 0.2) is 65.1 Å². The number of nitrogens with one attached hydrogen (secondary N) is 1. The first kappa shape index (κ1) is 20.7. The molecule has 8 heteroatoms. The van der Waals surface area contributed by atoms with Crippen LogP contribution in [0.4, 0.5) is 5.69 Å². The van der Waals surface area contributed by atoms with Gasteiger partial charge in [-0.05, 0) is 36.6 Å². The maximum atomic E-state index is 13.7. The molecule has 0 saturated carbocycles. The van der Waals surface area contributed by atoms with E-state index in [-0.39, 0.29) is 5.75 Å². The number of fused-ring (bicyclic) bond motifs is 2. The third-order valence-electron chi connectivity index (χ3n) is 6.56. The highest BCUT2D eigenvalue weighted by Gasteiger charge is 2.67. The van der Waals surface area contributed by atoms with Gasteiger partial charge in [-0.15, -0.1) is 0 Å². The maximum Gasteiger partial charge on any atom is 0.324 e. The topological polar surface area (TPSA) is 107 Å². The molecule has 162 valence electrons. The van der Waals surface area contributed by atoms with E-state index >= 15 is 0 Å². The molecule has 3 N–H and O–H groups in total. The number of carbonyl (C=O) groups excluding carboxylic acids is 2. The first-order chi connectivity index (χ1) is 15.2. The number of aromatic hydroxyl groups is 1. The molecule has 0 aromatic heterocycles. The summed E-state index contributed by atoms with van der Waals surface area (Å²) in [5, 5.41) is 25.1. The standard InChI is InChI=1S/C24H19BrN2O5/c1-24(23(31)32)19-18(20(26-24)15-11-13(25)9-10-17(15)28)21(29)27(22(19)30)16-8-4-6-12-5-2-3-7-14(12)16/h2-11,18-20,26,28H,1H3,(H,31,32)/t18-,19-,20-,24+/m1/s1. The average Bonchev–Trinajstić information content (AvgIpc) is 3.23. The molecule has 7 nitrogen and oxygen atoms in total. The van der Waals surface area contributed by atoms with Crippen LogP contribution in [0, 0.1) is 11.8 Å². The summed E-state index contributed by atoms with van der Waals surface area (Å²) in [4.78, 5) is 40.7. The van der Waals surface area contributed by atoms with Crippen molar-refractivity contribution in [3.63, 3.8) is 0 Å². The zero-order chi connectivity index (χ0) is 22.8. The van der Waals surface area contributed by atoms with Crippen LogP contribution in [-0.4, -0.2) is 33.5 Å². The Morgan fingerprint density at radius 3 is 2.53 bits per heavy atom. The Kier molecular flexibility index (Phi) is 4.61. The number of imide groups is 1. The van der Waals surface area contributed by atoms with Gasteiger partial charge in [-0.2, -0.15) is 0 Å². The smallest absolute Gasteiger partial charge is 0.324 e. The lowest BCUT2D eigenvalue weighted by Gasteiger charge is -2.28. The van der Waals surface area contributed by atoms with Crippen molar-refractivity contribution in [2.75, 3.05) is 4.90 Å². The third kappa shape index (κ3) is 2.79. The number of nitrogens with zero attached hydrogens (tertiary/aromatic N) is 1. The van der Waals surface area contributed by atoms with E-state index in [0.29, 0.717) is 15.7 Å². The van der Waals surface area contributed by atoms with Gasteiger partial charge in [-0.3, -0.25) is 19.7 Å². The molecule has 0 spiro atoms. The van der Waals surface area contributed by atoms with E-state index in [0.717, 1.165) is 15.7 Å². The zero-order valence-corrected chi connectivity index (χ0v) is 18.5. The lowest BCUT2D eigenvalue weighted by molar-refractivity contribution is -0.147. The Morgan fingerprint density at radius 2 is 1.78 bits per heavy atom. The summed E-state index contributed by atoms with van der Waals surface area (Å²) in [6.45, 7) is 1.42. The Balaban J connectivity index is 1.69. The number of halogens is 1. The number of hydrogen-bond donors (Lipinski definition) is 3. The van der Waals surface area contributed by atoms with Gasteiger partial charge >= 0.3 is 5.97 Å². The van der Waals surface area contributed by atoms with Crippen LogP contribution in [0.2, 0.25) is 0 Å². The van der Waals surface area contributed by atoms with Gasteiger partial charge in [-0.1, -0.05) is 52.3 Å². The maximum absolute atomic E-state index is 13.7. The largest absolute Gasteiger partial charge is 0.508 e. The van der Waals surface area contributed by atoms with Gasteiger partial charge in [0.25, 0.3) is 0 Å². The highest BCUT2D eigenvalue weighted by atomic mass is 79.9. The summed E-state index contributed by atoms with van der Waals surface area (Å²) < 4.78 is 0.662. The minimum Gasteiger partial charge on any atom is -0.508 e.